The van der Waals surface area contributed by atoms with E-state index in [2.05, 4.69) is 0 Å². The minimum Gasteiger partial charge on any atom is -0.299 e. The van der Waals surface area contributed by atoms with Gasteiger partial charge in [0.1, 0.15) is 5.78 Å². The normalized spacial score (nSPS) is 23.7. The smallest absolute Gasteiger partial charge is 0.162 e. The van der Waals surface area contributed by atoms with Crippen molar-refractivity contribution in [1.29, 1.82) is 0 Å². The molecule has 1 fully saturated rings. The first-order valence-corrected chi connectivity index (χ1v) is 4.92. The second-order valence-electron chi connectivity index (χ2n) is 4.54. The van der Waals surface area contributed by atoms with E-state index in [1.54, 1.807) is 19.9 Å². The van der Waals surface area contributed by atoms with Gasteiger partial charge in [0.2, 0.25) is 0 Å². The maximum Gasteiger partial charge on any atom is 0.162 e. The van der Waals surface area contributed by atoms with E-state index in [0.717, 1.165) is 6.07 Å². The number of rotatable bonds is 1. The van der Waals surface area contributed by atoms with E-state index < -0.39 is 17.0 Å². The Morgan fingerprint density at radius 3 is 2.53 bits per heavy atom. The van der Waals surface area contributed by atoms with Crippen LogP contribution in [-0.4, -0.2) is 5.78 Å². The molecule has 0 aliphatic heterocycles. The van der Waals surface area contributed by atoms with Crippen molar-refractivity contribution < 1.29 is 13.6 Å². The van der Waals surface area contributed by atoms with E-state index in [-0.39, 0.29) is 11.7 Å². The topological polar surface area (TPSA) is 17.1 Å². The number of carbonyl (C=O) groups is 1. The Bertz CT molecular complexity index is 424. The summed E-state index contributed by atoms with van der Waals surface area (Å²) in [7, 11) is 0. The number of hydrogen-bond acceptors (Lipinski definition) is 1. The molecule has 0 spiro atoms. The highest BCUT2D eigenvalue weighted by molar-refractivity contribution is 5.92. The van der Waals surface area contributed by atoms with Gasteiger partial charge in [-0.3, -0.25) is 4.79 Å². The predicted molar refractivity (Wildman–Crippen MR) is 52.5 cm³/mol. The van der Waals surface area contributed by atoms with Crippen LogP contribution < -0.4 is 0 Å². The van der Waals surface area contributed by atoms with Crippen LogP contribution in [0.5, 0.6) is 0 Å². The van der Waals surface area contributed by atoms with E-state index in [0.29, 0.717) is 12.0 Å². The molecule has 1 saturated carbocycles. The molecule has 1 aromatic carbocycles. The summed E-state index contributed by atoms with van der Waals surface area (Å²) in [4.78, 5) is 11.3. The number of hydrogen-bond donors (Lipinski definition) is 0. The van der Waals surface area contributed by atoms with Gasteiger partial charge in [-0.1, -0.05) is 26.0 Å². The molecule has 0 amide bonds. The fourth-order valence-corrected chi connectivity index (χ4v) is 2.06. The van der Waals surface area contributed by atoms with Gasteiger partial charge >= 0.3 is 0 Å². The summed E-state index contributed by atoms with van der Waals surface area (Å²) in [6.07, 6.45) is 0.313. The molecular weight excluding hydrogens is 198 g/mol. The molecule has 0 N–H and O–H groups in total. The van der Waals surface area contributed by atoms with Gasteiger partial charge in [-0.2, -0.15) is 0 Å². The lowest BCUT2D eigenvalue weighted by molar-refractivity contribution is -0.138. The van der Waals surface area contributed by atoms with E-state index in [1.807, 2.05) is 0 Å². The van der Waals surface area contributed by atoms with Crippen molar-refractivity contribution in [2.45, 2.75) is 26.2 Å². The summed E-state index contributed by atoms with van der Waals surface area (Å²) in [5.41, 5.74) is -0.242. The van der Waals surface area contributed by atoms with E-state index in [4.69, 9.17) is 0 Å². The molecule has 1 atom stereocenters. The standard InChI is InChI=1S/C12H12F2O/c1-12(2)8(6-10(12)15)7-4-3-5-9(13)11(7)14/h3-5,8H,6H2,1-2H3. The molecule has 1 aromatic rings. The van der Waals surface area contributed by atoms with Gasteiger partial charge in [-0.15, -0.1) is 0 Å². The number of Topliss-reactive ketones (excluding diaryl/α,β-unsaturated/α-hetero) is 1. The van der Waals surface area contributed by atoms with Crippen LogP contribution in [0.15, 0.2) is 18.2 Å². The molecule has 1 aliphatic rings. The largest absolute Gasteiger partial charge is 0.299 e. The molecular formula is C12H12F2O. The maximum absolute atomic E-state index is 13.5. The summed E-state index contributed by atoms with van der Waals surface area (Å²) in [6.45, 7) is 3.54. The predicted octanol–water partition coefficient (Wildman–Crippen LogP) is 3.05. The average molecular weight is 210 g/mol. The van der Waals surface area contributed by atoms with Crippen LogP contribution in [0.1, 0.15) is 31.7 Å². The van der Waals surface area contributed by atoms with E-state index in [1.165, 1.54) is 6.07 Å². The minimum atomic E-state index is -0.845. The molecule has 0 heterocycles. The van der Waals surface area contributed by atoms with Crippen LogP contribution in [0.25, 0.3) is 0 Å². The summed E-state index contributed by atoms with van der Waals surface area (Å²) in [5.74, 6) is -1.75. The Morgan fingerprint density at radius 1 is 1.33 bits per heavy atom. The quantitative estimate of drug-likeness (QED) is 0.696. The van der Waals surface area contributed by atoms with Crippen molar-refractivity contribution in [3.05, 3.63) is 35.4 Å². The van der Waals surface area contributed by atoms with Crippen LogP contribution in [0, 0.1) is 17.0 Å². The van der Waals surface area contributed by atoms with Crippen molar-refractivity contribution in [1.82, 2.24) is 0 Å². The number of ketones is 1. The highest BCUT2D eigenvalue weighted by atomic mass is 19.2. The van der Waals surface area contributed by atoms with Crippen molar-refractivity contribution in [2.24, 2.45) is 5.41 Å². The molecule has 80 valence electrons. The summed E-state index contributed by atoms with van der Waals surface area (Å²) in [5, 5.41) is 0. The Labute approximate surface area is 87.1 Å². The zero-order valence-electron chi connectivity index (χ0n) is 8.68. The van der Waals surface area contributed by atoms with Crippen molar-refractivity contribution in [3.63, 3.8) is 0 Å². The molecule has 0 bridgehead atoms. The Morgan fingerprint density at radius 2 is 2.00 bits per heavy atom. The van der Waals surface area contributed by atoms with Crippen molar-refractivity contribution >= 4 is 5.78 Å². The van der Waals surface area contributed by atoms with Gasteiger partial charge in [0.05, 0.1) is 0 Å². The lowest BCUT2D eigenvalue weighted by Crippen LogP contribution is -2.43. The second-order valence-corrected chi connectivity index (χ2v) is 4.54. The van der Waals surface area contributed by atoms with Crippen LogP contribution >= 0.6 is 0 Å². The first-order valence-electron chi connectivity index (χ1n) is 4.92. The molecule has 2 rings (SSSR count). The average Bonchev–Trinajstić information content (AvgIpc) is 2.19. The lowest BCUT2D eigenvalue weighted by Gasteiger charge is -2.42. The molecule has 1 nitrogen and oxygen atoms in total. The monoisotopic (exact) mass is 210 g/mol. The second kappa shape index (κ2) is 3.12. The first kappa shape index (κ1) is 10.3. The SMILES string of the molecule is CC1(C)C(=O)CC1c1cccc(F)c1F. The zero-order valence-corrected chi connectivity index (χ0v) is 8.68. The highest BCUT2D eigenvalue weighted by Crippen LogP contribution is 2.50. The van der Waals surface area contributed by atoms with E-state index >= 15 is 0 Å². The van der Waals surface area contributed by atoms with Crippen molar-refractivity contribution in [3.8, 4) is 0 Å². The lowest BCUT2D eigenvalue weighted by atomic mass is 9.59. The van der Waals surface area contributed by atoms with Crippen molar-refractivity contribution in [2.75, 3.05) is 0 Å². The van der Waals surface area contributed by atoms with E-state index in [9.17, 15) is 13.6 Å². The Hall–Kier alpha value is -1.25. The van der Waals surface area contributed by atoms with Crippen LogP contribution in [-0.2, 0) is 4.79 Å². The third-order valence-electron chi connectivity index (χ3n) is 3.34. The molecule has 1 aliphatic carbocycles. The molecule has 0 saturated heterocycles. The van der Waals surface area contributed by atoms with Crippen LogP contribution in [0.3, 0.4) is 0 Å². The van der Waals surface area contributed by atoms with Crippen LogP contribution in [0.4, 0.5) is 8.78 Å². The van der Waals surface area contributed by atoms with Gasteiger partial charge < -0.3 is 0 Å². The molecule has 0 radical (unpaired) electrons. The molecule has 3 heteroatoms. The fraction of sp³-hybridized carbons (Fsp3) is 0.417. The van der Waals surface area contributed by atoms with Gasteiger partial charge in [0, 0.05) is 17.8 Å². The van der Waals surface area contributed by atoms with Gasteiger partial charge in [0.25, 0.3) is 0 Å². The molecule has 0 aromatic heterocycles. The summed E-state index contributed by atoms with van der Waals surface area (Å²) < 4.78 is 26.4. The van der Waals surface area contributed by atoms with Gasteiger partial charge in [-0.05, 0) is 11.6 Å². The van der Waals surface area contributed by atoms with Crippen LogP contribution in [0.2, 0.25) is 0 Å². The third-order valence-corrected chi connectivity index (χ3v) is 3.34. The number of carbonyl (C=O) groups excluding carboxylic acids is 1. The highest BCUT2D eigenvalue weighted by Gasteiger charge is 2.48. The maximum atomic E-state index is 13.5. The number of halogens is 2. The molecule has 15 heavy (non-hydrogen) atoms. The summed E-state index contributed by atoms with van der Waals surface area (Å²) in [6, 6.07) is 4.12. The van der Waals surface area contributed by atoms with Gasteiger partial charge in [0.15, 0.2) is 11.6 Å². The van der Waals surface area contributed by atoms with Gasteiger partial charge in [-0.25, -0.2) is 8.78 Å². The molecule has 1 unspecified atom stereocenters. The zero-order chi connectivity index (χ0) is 11.2. The Kier molecular flexibility index (Phi) is 2.14. The summed E-state index contributed by atoms with van der Waals surface area (Å²) >= 11 is 0. The third kappa shape index (κ3) is 1.37. The minimum absolute atomic E-state index is 0.108. The number of benzene rings is 1. The Balaban J connectivity index is 2.40. The first-order chi connectivity index (χ1) is 6.94. The fourth-order valence-electron chi connectivity index (χ4n) is 2.06.